The van der Waals surface area contributed by atoms with Crippen LogP contribution in [0.1, 0.15) is 38.3 Å². The lowest BCUT2D eigenvalue weighted by molar-refractivity contribution is 0.647. The van der Waals surface area contributed by atoms with Gasteiger partial charge in [-0.3, -0.25) is 0 Å². The molecule has 0 unspecified atom stereocenters. The monoisotopic (exact) mass is 288 g/mol. The average molecular weight is 289 g/mol. The first kappa shape index (κ1) is 15.0. The molecule has 0 fully saturated rings. The van der Waals surface area contributed by atoms with Crippen LogP contribution in [-0.4, -0.2) is 9.97 Å². The van der Waals surface area contributed by atoms with Crippen molar-refractivity contribution >= 4 is 11.6 Å². The molecule has 2 rings (SSSR count). The van der Waals surface area contributed by atoms with Crippen molar-refractivity contribution in [3.63, 3.8) is 0 Å². The second-order valence-corrected chi connectivity index (χ2v) is 5.90. The third-order valence-electron chi connectivity index (χ3n) is 3.24. The molecular weight excluding hydrogens is 268 g/mol. The number of aromatic nitrogens is 2. The van der Waals surface area contributed by atoms with Gasteiger partial charge in [-0.25, -0.2) is 9.97 Å². The number of rotatable bonds is 5. The van der Waals surface area contributed by atoms with Gasteiger partial charge in [0.1, 0.15) is 11.5 Å². The van der Waals surface area contributed by atoms with Gasteiger partial charge in [-0.15, -0.1) is 0 Å². The average Bonchev–Trinajstić information content (AvgIpc) is 2.41. The fourth-order valence-electron chi connectivity index (χ4n) is 2.43. The Balaban J connectivity index is 2.43. The van der Waals surface area contributed by atoms with Crippen LogP contribution >= 0.6 is 11.6 Å². The number of hydrogen-bond acceptors (Lipinski definition) is 2. The highest BCUT2D eigenvalue weighted by atomic mass is 35.5. The highest BCUT2D eigenvalue weighted by molar-refractivity contribution is 6.30. The molecule has 1 aromatic carbocycles. The SMILES string of the molecule is CCCc1c(Cl)ncnc1-c1cccc(CC(C)C)c1. The van der Waals surface area contributed by atoms with E-state index in [2.05, 4.69) is 55.0 Å². The molecule has 0 saturated carbocycles. The van der Waals surface area contributed by atoms with Crippen LogP contribution in [0.4, 0.5) is 0 Å². The zero-order valence-electron chi connectivity index (χ0n) is 12.4. The van der Waals surface area contributed by atoms with Gasteiger partial charge in [0.2, 0.25) is 0 Å². The predicted octanol–water partition coefficient (Wildman–Crippen LogP) is 4.95. The van der Waals surface area contributed by atoms with Crippen LogP contribution in [0.25, 0.3) is 11.3 Å². The van der Waals surface area contributed by atoms with Crippen molar-refractivity contribution in [3.05, 3.63) is 46.9 Å². The van der Waals surface area contributed by atoms with Gasteiger partial charge in [-0.1, -0.05) is 57.0 Å². The summed E-state index contributed by atoms with van der Waals surface area (Å²) in [6.07, 6.45) is 4.57. The first-order valence-electron chi connectivity index (χ1n) is 7.20. The second kappa shape index (κ2) is 6.85. The van der Waals surface area contributed by atoms with Gasteiger partial charge < -0.3 is 0 Å². The minimum absolute atomic E-state index is 0.575. The van der Waals surface area contributed by atoms with E-state index >= 15 is 0 Å². The maximum Gasteiger partial charge on any atom is 0.136 e. The summed E-state index contributed by atoms with van der Waals surface area (Å²) >= 11 is 6.23. The molecule has 2 nitrogen and oxygen atoms in total. The first-order valence-corrected chi connectivity index (χ1v) is 7.58. The summed E-state index contributed by atoms with van der Waals surface area (Å²) in [5.41, 5.74) is 4.50. The standard InChI is InChI=1S/C17H21ClN2/c1-4-6-15-16(19-11-20-17(15)18)14-8-5-7-13(10-14)9-12(2)3/h5,7-8,10-12H,4,6,9H2,1-3H3. The fraction of sp³-hybridized carbons (Fsp3) is 0.412. The van der Waals surface area contributed by atoms with Gasteiger partial charge in [-0.05, 0) is 30.4 Å². The summed E-state index contributed by atoms with van der Waals surface area (Å²) in [7, 11) is 0. The zero-order chi connectivity index (χ0) is 14.5. The van der Waals surface area contributed by atoms with E-state index in [-0.39, 0.29) is 0 Å². The van der Waals surface area contributed by atoms with E-state index < -0.39 is 0 Å². The summed E-state index contributed by atoms with van der Waals surface area (Å²) in [6.45, 7) is 6.61. The van der Waals surface area contributed by atoms with Crippen molar-refractivity contribution in [2.75, 3.05) is 0 Å². The number of hydrogen-bond donors (Lipinski definition) is 0. The minimum atomic E-state index is 0.575. The van der Waals surface area contributed by atoms with Crippen molar-refractivity contribution in [3.8, 4) is 11.3 Å². The van der Waals surface area contributed by atoms with Crippen molar-refractivity contribution < 1.29 is 0 Å². The molecule has 0 N–H and O–H groups in total. The third-order valence-corrected chi connectivity index (χ3v) is 3.56. The molecule has 0 saturated heterocycles. The molecule has 0 radical (unpaired) electrons. The summed E-state index contributed by atoms with van der Waals surface area (Å²) < 4.78 is 0. The molecular formula is C17H21ClN2. The molecule has 2 aromatic rings. The molecule has 20 heavy (non-hydrogen) atoms. The normalized spacial score (nSPS) is 11.1. The summed E-state index contributed by atoms with van der Waals surface area (Å²) in [5, 5.41) is 0.575. The zero-order valence-corrected chi connectivity index (χ0v) is 13.1. The number of halogens is 1. The largest absolute Gasteiger partial charge is 0.236 e. The smallest absolute Gasteiger partial charge is 0.136 e. The highest BCUT2D eigenvalue weighted by Gasteiger charge is 2.11. The van der Waals surface area contributed by atoms with E-state index in [1.54, 1.807) is 6.33 Å². The molecule has 1 heterocycles. The van der Waals surface area contributed by atoms with Gasteiger partial charge in [0, 0.05) is 11.1 Å². The van der Waals surface area contributed by atoms with Gasteiger partial charge in [0.15, 0.2) is 0 Å². The summed E-state index contributed by atoms with van der Waals surface area (Å²) in [5.74, 6) is 0.648. The third kappa shape index (κ3) is 3.57. The lowest BCUT2D eigenvalue weighted by Gasteiger charge is -2.11. The van der Waals surface area contributed by atoms with E-state index in [1.165, 1.54) is 5.56 Å². The van der Waals surface area contributed by atoms with Gasteiger partial charge >= 0.3 is 0 Å². The molecule has 0 aliphatic carbocycles. The van der Waals surface area contributed by atoms with Gasteiger partial charge in [0.25, 0.3) is 0 Å². The Bertz CT molecular complexity index is 579. The van der Waals surface area contributed by atoms with Crippen molar-refractivity contribution in [1.82, 2.24) is 9.97 Å². The highest BCUT2D eigenvalue weighted by Crippen LogP contribution is 2.27. The van der Waals surface area contributed by atoms with Crippen molar-refractivity contribution in [1.29, 1.82) is 0 Å². The van der Waals surface area contributed by atoms with Crippen LogP contribution in [0.3, 0.4) is 0 Å². The lowest BCUT2D eigenvalue weighted by atomic mass is 9.98. The Morgan fingerprint density at radius 3 is 2.70 bits per heavy atom. The lowest BCUT2D eigenvalue weighted by Crippen LogP contribution is -1.98. The molecule has 0 atom stereocenters. The summed E-state index contributed by atoms with van der Waals surface area (Å²) in [4.78, 5) is 8.56. The maximum atomic E-state index is 6.23. The topological polar surface area (TPSA) is 25.8 Å². The van der Waals surface area contributed by atoms with Crippen LogP contribution in [0.15, 0.2) is 30.6 Å². The molecule has 3 heteroatoms. The Labute approximate surface area is 126 Å². The molecule has 0 spiro atoms. The molecule has 106 valence electrons. The van der Waals surface area contributed by atoms with Crippen LogP contribution in [0.5, 0.6) is 0 Å². The van der Waals surface area contributed by atoms with Crippen LogP contribution in [-0.2, 0) is 12.8 Å². The number of benzene rings is 1. The van der Waals surface area contributed by atoms with Crippen molar-refractivity contribution in [2.24, 2.45) is 5.92 Å². The quantitative estimate of drug-likeness (QED) is 0.728. The second-order valence-electron chi connectivity index (χ2n) is 5.54. The maximum absolute atomic E-state index is 6.23. The van der Waals surface area contributed by atoms with E-state index in [0.29, 0.717) is 11.1 Å². The molecule has 0 aliphatic heterocycles. The minimum Gasteiger partial charge on any atom is -0.236 e. The van der Waals surface area contributed by atoms with Crippen LogP contribution < -0.4 is 0 Å². The molecule has 0 aliphatic rings. The Hall–Kier alpha value is -1.41. The number of nitrogens with zero attached hydrogens (tertiary/aromatic N) is 2. The van der Waals surface area contributed by atoms with Crippen LogP contribution in [0, 0.1) is 5.92 Å². The van der Waals surface area contributed by atoms with Crippen molar-refractivity contribution in [2.45, 2.75) is 40.0 Å². The predicted molar refractivity (Wildman–Crippen MR) is 85.0 cm³/mol. The molecule has 0 bridgehead atoms. The Morgan fingerprint density at radius 2 is 2.00 bits per heavy atom. The fourth-order valence-corrected chi connectivity index (χ4v) is 2.66. The van der Waals surface area contributed by atoms with E-state index in [0.717, 1.165) is 36.1 Å². The summed E-state index contributed by atoms with van der Waals surface area (Å²) in [6, 6.07) is 8.59. The molecule has 0 amide bonds. The van der Waals surface area contributed by atoms with E-state index in [9.17, 15) is 0 Å². The van der Waals surface area contributed by atoms with E-state index in [1.807, 2.05) is 0 Å². The van der Waals surface area contributed by atoms with Crippen LogP contribution in [0.2, 0.25) is 5.15 Å². The first-order chi connectivity index (χ1) is 9.61. The van der Waals surface area contributed by atoms with E-state index in [4.69, 9.17) is 11.6 Å². The Morgan fingerprint density at radius 1 is 1.20 bits per heavy atom. The Kier molecular flexibility index (Phi) is 5.13. The molecule has 1 aromatic heterocycles. The van der Waals surface area contributed by atoms with Gasteiger partial charge in [0.05, 0.1) is 5.69 Å². The van der Waals surface area contributed by atoms with Gasteiger partial charge in [-0.2, -0.15) is 0 Å².